The van der Waals surface area contributed by atoms with E-state index in [1.807, 2.05) is 23.7 Å². The van der Waals surface area contributed by atoms with Crippen LogP contribution in [0.25, 0.3) is 28.3 Å². The van der Waals surface area contributed by atoms with Crippen molar-refractivity contribution in [1.82, 2.24) is 29.4 Å². The Morgan fingerprint density at radius 2 is 2.26 bits per heavy atom. The third-order valence-electron chi connectivity index (χ3n) is 3.01. The van der Waals surface area contributed by atoms with Crippen LogP contribution in [0.15, 0.2) is 35.3 Å². The highest BCUT2D eigenvalue weighted by atomic mass is 16.3. The van der Waals surface area contributed by atoms with Gasteiger partial charge in [0.1, 0.15) is 6.33 Å². The number of hydrogen-bond acceptors (Lipinski definition) is 5. The van der Waals surface area contributed by atoms with Gasteiger partial charge in [-0.15, -0.1) is 5.10 Å². The molecule has 0 aliphatic carbocycles. The molecular formula is C12H10N6O. The topological polar surface area (TPSA) is 74.0 Å². The Hall–Kier alpha value is -2.70. The average Bonchev–Trinajstić information content (AvgIpc) is 3.15. The van der Waals surface area contributed by atoms with Crippen LogP contribution in [0.3, 0.4) is 0 Å². The smallest absolute Gasteiger partial charge is 0.217 e. The molecule has 0 atom stereocenters. The maximum atomic E-state index is 5.31. The van der Waals surface area contributed by atoms with E-state index in [4.69, 9.17) is 4.42 Å². The lowest BCUT2D eigenvalue weighted by atomic mass is 10.4. The van der Waals surface area contributed by atoms with Gasteiger partial charge >= 0.3 is 0 Å². The third kappa shape index (κ3) is 1.38. The molecule has 0 saturated heterocycles. The van der Waals surface area contributed by atoms with Gasteiger partial charge in [0.05, 0.1) is 17.8 Å². The van der Waals surface area contributed by atoms with Crippen molar-refractivity contribution in [1.29, 1.82) is 0 Å². The molecule has 0 unspecified atom stereocenters. The summed E-state index contributed by atoms with van der Waals surface area (Å²) in [5, 5.41) is 9.52. The van der Waals surface area contributed by atoms with Crippen molar-refractivity contribution in [3.63, 3.8) is 0 Å². The Labute approximate surface area is 107 Å². The summed E-state index contributed by atoms with van der Waals surface area (Å²) in [6.45, 7) is 2.79. The normalized spacial score (nSPS) is 11.6. The molecule has 4 aromatic rings. The second-order valence-corrected chi connectivity index (χ2v) is 4.12. The molecule has 19 heavy (non-hydrogen) atoms. The summed E-state index contributed by atoms with van der Waals surface area (Å²) in [7, 11) is 0. The number of nitrogens with zero attached hydrogens (tertiary/aromatic N) is 6. The van der Waals surface area contributed by atoms with Crippen molar-refractivity contribution >= 4 is 16.7 Å². The summed E-state index contributed by atoms with van der Waals surface area (Å²) in [5.74, 6) is 1.18. The summed E-state index contributed by atoms with van der Waals surface area (Å²) in [4.78, 5) is 8.86. The lowest BCUT2D eigenvalue weighted by Crippen LogP contribution is -1.98. The predicted molar refractivity (Wildman–Crippen MR) is 67.4 cm³/mol. The van der Waals surface area contributed by atoms with Crippen molar-refractivity contribution in [3.8, 4) is 11.6 Å². The largest absolute Gasteiger partial charge is 0.461 e. The van der Waals surface area contributed by atoms with Gasteiger partial charge in [0, 0.05) is 6.54 Å². The molecule has 7 nitrogen and oxygen atoms in total. The predicted octanol–water partition coefficient (Wildman–Crippen LogP) is 1.75. The molecule has 0 amide bonds. The molecule has 0 aliphatic heterocycles. The molecule has 0 radical (unpaired) electrons. The van der Waals surface area contributed by atoms with E-state index < -0.39 is 0 Å². The van der Waals surface area contributed by atoms with E-state index in [0.29, 0.717) is 11.6 Å². The monoisotopic (exact) mass is 254 g/mol. The summed E-state index contributed by atoms with van der Waals surface area (Å²) in [5.41, 5.74) is 1.55. The minimum Gasteiger partial charge on any atom is -0.461 e. The highest BCUT2D eigenvalue weighted by molar-refractivity contribution is 5.88. The van der Waals surface area contributed by atoms with Gasteiger partial charge < -0.3 is 4.42 Å². The maximum absolute atomic E-state index is 5.31. The molecule has 4 heterocycles. The Balaban J connectivity index is 2.03. The lowest BCUT2D eigenvalue weighted by Gasteiger charge is -1.96. The average molecular weight is 254 g/mol. The van der Waals surface area contributed by atoms with Gasteiger partial charge in [0.2, 0.25) is 5.82 Å². The van der Waals surface area contributed by atoms with Crippen molar-refractivity contribution in [2.24, 2.45) is 0 Å². The molecular weight excluding hydrogens is 244 g/mol. The molecule has 0 bridgehead atoms. The Morgan fingerprint density at radius 1 is 1.32 bits per heavy atom. The van der Waals surface area contributed by atoms with E-state index >= 15 is 0 Å². The van der Waals surface area contributed by atoms with Gasteiger partial charge in [0.15, 0.2) is 17.1 Å². The minimum atomic E-state index is 0.545. The van der Waals surface area contributed by atoms with Gasteiger partial charge in [-0.05, 0) is 19.1 Å². The quantitative estimate of drug-likeness (QED) is 0.545. The van der Waals surface area contributed by atoms with E-state index in [-0.39, 0.29) is 0 Å². The first-order valence-electron chi connectivity index (χ1n) is 5.97. The molecule has 0 saturated carbocycles. The van der Waals surface area contributed by atoms with Crippen LogP contribution in [0.1, 0.15) is 6.92 Å². The number of hydrogen-bond donors (Lipinski definition) is 0. The van der Waals surface area contributed by atoms with Crippen LogP contribution in [0, 0.1) is 0 Å². The van der Waals surface area contributed by atoms with E-state index in [1.165, 1.54) is 0 Å². The zero-order valence-electron chi connectivity index (χ0n) is 10.2. The van der Waals surface area contributed by atoms with Crippen molar-refractivity contribution in [3.05, 3.63) is 30.9 Å². The Kier molecular flexibility index (Phi) is 1.96. The zero-order chi connectivity index (χ0) is 12.8. The van der Waals surface area contributed by atoms with Gasteiger partial charge in [-0.3, -0.25) is 0 Å². The first-order chi connectivity index (χ1) is 9.36. The zero-order valence-corrected chi connectivity index (χ0v) is 10.2. The molecule has 0 fully saturated rings. The van der Waals surface area contributed by atoms with E-state index in [9.17, 15) is 0 Å². The van der Waals surface area contributed by atoms with E-state index in [2.05, 4.69) is 20.2 Å². The molecule has 94 valence electrons. The lowest BCUT2D eigenvalue weighted by molar-refractivity contribution is 0.577. The number of fused-ring (bicyclic) bond motifs is 3. The van der Waals surface area contributed by atoms with Gasteiger partial charge in [-0.25, -0.2) is 19.2 Å². The van der Waals surface area contributed by atoms with Gasteiger partial charge in [-0.2, -0.15) is 5.10 Å². The van der Waals surface area contributed by atoms with Crippen molar-refractivity contribution in [2.45, 2.75) is 13.5 Å². The second kappa shape index (κ2) is 3.64. The molecule has 4 rings (SSSR count). The van der Waals surface area contributed by atoms with Crippen LogP contribution >= 0.6 is 0 Å². The third-order valence-corrected chi connectivity index (χ3v) is 3.01. The summed E-state index contributed by atoms with van der Waals surface area (Å²) >= 11 is 0. The molecule has 4 aromatic heterocycles. The number of aromatic nitrogens is 6. The fourth-order valence-corrected chi connectivity index (χ4v) is 2.11. The fourth-order valence-electron chi connectivity index (χ4n) is 2.11. The number of rotatable bonds is 2. The maximum Gasteiger partial charge on any atom is 0.217 e. The number of furan rings is 1. The van der Waals surface area contributed by atoms with Crippen LogP contribution in [-0.2, 0) is 6.54 Å². The summed E-state index contributed by atoms with van der Waals surface area (Å²) in [6, 6.07) is 3.64. The van der Waals surface area contributed by atoms with Gasteiger partial charge in [-0.1, -0.05) is 0 Å². The molecule has 0 N–H and O–H groups in total. The van der Waals surface area contributed by atoms with E-state index in [1.54, 1.807) is 23.3 Å². The van der Waals surface area contributed by atoms with Crippen molar-refractivity contribution in [2.75, 3.05) is 0 Å². The summed E-state index contributed by atoms with van der Waals surface area (Å²) in [6.07, 6.45) is 5.01. The highest BCUT2D eigenvalue weighted by Gasteiger charge is 2.13. The standard InChI is InChI=1S/C12H10N6O/c1-2-17-11-8(6-14-17)12-15-10(9-4-3-5-19-9)16-18(12)7-13-11/h3-7H,2H2,1H3. The van der Waals surface area contributed by atoms with Crippen LogP contribution in [0.2, 0.25) is 0 Å². The Bertz CT molecular complexity index is 857. The highest BCUT2D eigenvalue weighted by Crippen LogP contribution is 2.20. The SMILES string of the molecule is CCn1ncc2c1ncn1nc(-c3ccco3)nc21. The van der Waals surface area contributed by atoms with Gasteiger partial charge in [0.25, 0.3) is 0 Å². The molecule has 0 aromatic carbocycles. The van der Waals surface area contributed by atoms with Crippen molar-refractivity contribution < 1.29 is 4.42 Å². The first kappa shape index (κ1) is 10.2. The fraction of sp³-hybridized carbons (Fsp3) is 0.167. The molecule has 7 heteroatoms. The first-order valence-corrected chi connectivity index (χ1v) is 5.97. The van der Waals surface area contributed by atoms with Crippen LogP contribution in [0.5, 0.6) is 0 Å². The Morgan fingerprint density at radius 3 is 3.05 bits per heavy atom. The molecule has 0 spiro atoms. The summed E-state index contributed by atoms with van der Waals surface area (Å²) < 4.78 is 8.78. The van der Waals surface area contributed by atoms with Crippen LogP contribution in [-0.4, -0.2) is 29.4 Å². The second-order valence-electron chi connectivity index (χ2n) is 4.12. The number of aryl methyl sites for hydroxylation is 1. The minimum absolute atomic E-state index is 0.545. The van der Waals surface area contributed by atoms with Crippen LogP contribution in [0.4, 0.5) is 0 Å². The molecule has 0 aliphatic rings. The van der Waals surface area contributed by atoms with Crippen LogP contribution < -0.4 is 0 Å². The van der Waals surface area contributed by atoms with E-state index in [0.717, 1.165) is 23.2 Å².